The zero-order valence-corrected chi connectivity index (χ0v) is 12.8. The van der Waals surface area contributed by atoms with Crippen molar-refractivity contribution < 1.29 is 14.6 Å². The highest BCUT2D eigenvalue weighted by Crippen LogP contribution is 2.22. The highest BCUT2D eigenvalue weighted by Gasteiger charge is 2.10. The standard InChI is InChI=1S/C17H24O3/c1-13(2)14(3)20-12-16-11-15(7-5-6-10-18)8-9-17(16)19-4/h8-9,11,13-14,18H,6,10,12H2,1-4H3. The first-order chi connectivity index (χ1) is 9.58. The Morgan fingerprint density at radius 2 is 2.00 bits per heavy atom. The smallest absolute Gasteiger partial charge is 0.124 e. The summed E-state index contributed by atoms with van der Waals surface area (Å²) in [5.74, 6) is 7.24. The maximum absolute atomic E-state index is 8.74. The minimum absolute atomic E-state index is 0.0883. The number of benzene rings is 1. The van der Waals surface area contributed by atoms with Crippen molar-refractivity contribution in [3.8, 4) is 17.6 Å². The van der Waals surface area contributed by atoms with Gasteiger partial charge in [0, 0.05) is 17.5 Å². The van der Waals surface area contributed by atoms with Crippen molar-refractivity contribution in [2.75, 3.05) is 13.7 Å². The molecule has 20 heavy (non-hydrogen) atoms. The third-order valence-electron chi connectivity index (χ3n) is 3.19. The number of methoxy groups -OCH3 is 1. The third-order valence-corrected chi connectivity index (χ3v) is 3.19. The molecular formula is C17H24O3. The zero-order chi connectivity index (χ0) is 15.0. The van der Waals surface area contributed by atoms with Gasteiger partial charge in [-0.3, -0.25) is 0 Å². The van der Waals surface area contributed by atoms with Gasteiger partial charge in [-0.2, -0.15) is 0 Å². The molecule has 0 heterocycles. The van der Waals surface area contributed by atoms with Crippen LogP contribution in [-0.2, 0) is 11.3 Å². The van der Waals surface area contributed by atoms with Crippen molar-refractivity contribution in [3.05, 3.63) is 29.3 Å². The molecule has 0 amide bonds. The molecule has 1 aromatic rings. The minimum atomic E-state index is 0.0883. The SMILES string of the molecule is COc1ccc(C#CCCO)cc1COC(C)C(C)C. The predicted molar refractivity (Wildman–Crippen MR) is 80.7 cm³/mol. The molecule has 1 atom stereocenters. The summed E-state index contributed by atoms with van der Waals surface area (Å²) in [5, 5.41) is 8.74. The van der Waals surface area contributed by atoms with E-state index in [0.717, 1.165) is 16.9 Å². The molecule has 3 heteroatoms. The van der Waals surface area contributed by atoms with Crippen LogP contribution in [0.1, 0.15) is 38.3 Å². The molecule has 0 aromatic heterocycles. The third kappa shape index (κ3) is 5.24. The van der Waals surface area contributed by atoms with E-state index < -0.39 is 0 Å². The van der Waals surface area contributed by atoms with E-state index in [0.29, 0.717) is 18.9 Å². The van der Waals surface area contributed by atoms with Crippen LogP contribution >= 0.6 is 0 Å². The molecule has 1 unspecified atom stereocenters. The molecule has 1 rings (SSSR count). The van der Waals surface area contributed by atoms with Gasteiger partial charge in [0.15, 0.2) is 0 Å². The Morgan fingerprint density at radius 1 is 1.25 bits per heavy atom. The molecule has 0 aliphatic rings. The quantitative estimate of drug-likeness (QED) is 0.812. The van der Waals surface area contributed by atoms with Gasteiger partial charge in [0.2, 0.25) is 0 Å². The first-order valence-corrected chi connectivity index (χ1v) is 6.96. The molecule has 0 fully saturated rings. The van der Waals surface area contributed by atoms with Crippen molar-refractivity contribution in [2.24, 2.45) is 5.92 Å². The van der Waals surface area contributed by atoms with Gasteiger partial charge in [0.25, 0.3) is 0 Å². The zero-order valence-electron chi connectivity index (χ0n) is 12.8. The minimum Gasteiger partial charge on any atom is -0.496 e. The molecule has 0 radical (unpaired) electrons. The lowest BCUT2D eigenvalue weighted by Crippen LogP contribution is -2.15. The van der Waals surface area contributed by atoms with Crippen LogP contribution in [-0.4, -0.2) is 24.9 Å². The molecule has 1 N–H and O–H groups in total. The maximum atomic E-state index is 8.74. The molecule has 3 nitrogen and oxygen atoms in total. The fourth-order valence-electron chi connectivity index (χ4n) is 1.60. The summed E-state index contributed by atoms with van der Waals surface area (Å²) in [4.78, 5) is 0. The second-order valence-electron chi connectivity index (χ2n) is 5.06. The molecule has 0 aliphatic carbocycles. The van der Waals surface area contributed by atoms with Crippen LogP contribution < -0.4 is 4.74 Å². The van der Waals surface area contributed by atoms with Crippen LogP contribution in [0.15, 0.2) is 18.2 Å². The summed E-state index contributed by atoms with van der Waals surface area (Å²) in [6, 6.07) is 5.80. The second kappa shape index (κ2) is 8.63. The van der Waals surface area contributed by atoms with E-state index in [2.05, 4.69) is 32.6 Å². The number of rotatable bonds is 6. The molecule has 110 valence electrons. The fourth-order valence-corrected chi connectivity index (χ4v) is 1.60. The summed E-state index contributed by atoms with van der Waals surface area (Å²) in [6.45, 7) is 6.95. The molecule has 0 spiro atoms. The Balaban J connectivity index is 2.81. The Bertz CT molecular complexity index is 469. The molecular weight excluding hydrogens is 252 g/mol. The van der Waals surface area contributed by atoms with E-state index in [4.69, 9.17) is 14.6 Å². The van der Waals surface area contributed by atoms with Gasteiger partial charge < -0.3 is 14.6 Å². The number of aliphatic hydroxyl groups excluding tert-OH is 1. The summed E-state index contributed by atoms with van der Waals surface area (Å²) < 4.78 is 11.2. The summed E-state index contributed by atoms with van der Waals surface area (Å²) >= 11 is 0. The topological polar surface area (TPSA) is 38.7 Å². The van der Waals surface area contributed by atoms with E-state index in [9.17, 15) is 0 Å². The van der Waals surface area contributed by atoms with E-state index in [1.54, 1.807) is 7.11 Å². The normalized spacial score (nSPS) is 11.9. The van der Waals surface area contributed by atoms with Gasteiger partial charge in [-0.15, -0.1) is 0 Å². The Morgan fingerprint density at radius 3 is 2.60 bits per heavy atom. The van der Waals surface area contributed by atoms with Crippen LogP contribution in [0.25, 0.3) is 0 Å². The predicted octanol–water partition coefficient (Wildman–Crippen LogP) is 2.99. The van der Waals surface area contributed by atoms with E-state index in [1.165, 1.54) is 0 Å². The fraction of sp³-hybridized carbons (Fsp3) is 0.529. The average Bonchev–Trinajstić information content (AvgIpc) is 2.45. The van der Waals surface area contributed by atoms with Gasteiger partial charge >= 0.3 is 0 Å². The highest BCUT2D eigenvalue weighted by molar-refractivity contribution is 5.44. The lowest BCUT2D eigenvalue weighted by molar-refractivity contribution is 0.0226. The lowest BCUT2D eigenvalue weighted by atomic mass is 10.1. The van der Waals surface area contributed by atoms with Gasteiger partial charge in [-0.05, 0) is 31.0 Å². The molecule has 0 bridgehead atoms. The Kier molecular flexibility index (Phi) is 7.14. The molecule has 0 saturated carbocycles. The van der Waals surface area contributed by atoms with Crippen molar-refractivity contribution in [2.45, 2.75) is 39.9 Å². The molecule has 0 aliphatic heterocycles. The van der Waals surface area contributed by atoms with Crippen LogP contribution in [0.3, 0.4) is 0 Å². The monoisotopic (exact) mass is 276 g/mol. The van der Waals surface area contributed by atoms with Crippen LogP contribution in [0.5, 0.6) is 5.75 Å². The number of aliphatic hydroxyl groups is 1. The molecule has 1 aromatic carbocycles. The lowest BCUT2D eigenvalue weighted by Gasteiger charge is -2.17. The van der Waals surface area contributed by atoms with Gasteiger partial charge in [-0.25, -0.2) is 0 Å². The van der Waals surface area contributed by atoms with Crippen LogP contribution in [0.4, 0.5) is 0 Å². The van der Waals surface area contributed by atoms with E-state index in [-0.39, 0.29) is 12.7 Å². The Labute approximate surface area is 121 Å². The largest absolute Gasteiger partial charge is 0.496 e. The van der Waals surface area contributed by atoms with Crippen LogP contribution in [0.2, 0.25) is 0 Å². The van der Waals surface area contributed by atoms with Gasteiger partial charge in [0.1, 0.15) is 5.75 Å². The Hall–Kier alpha value is -1.50. The van der Waals surface area contributed by atoms with Crippen molar-refractivity contribution in [1.82, 2.24) is 0 Å². The van der Waals surface area contributed by atoms with Crippen LogP contribution in [0, 0.1) is 17.8 Å². The van der Waals surface area contributed by atoms with Gasteiger partial charge in [0.05, 0.1) is 26.4 Å². The first-order valence-electron chi connectivity index (χ1n) is 6.96. The van der Waals surface area contributed by atoms with E-state index in [1.807, 2.05) is 18.2 Å². The van der Waals surface area contributed by atoms with Gasteiger partial charge in [-0.1, -0.05) is 25.7 Å². The highest BCUT2D eigenvalue weighted by atomic mass is 16.5. The maximum Gasteiger partial charge on any atom is 0.124 e. The van der Waals surface area contributed by atoms with E-state index >= 15 is 0 Å². The number of hydrogen-bond donors (Lipinski definition) is 1. The van der Waals surface area contributed by atoms with Crippen molar-refractivity contribution in [1.29, 1.82) is 0 Å². The number of ether oxygens (including phenoxy) is 2. The summed E-state index contributed by atoms with van der Waals surface area (Å²) in [5.41, 5.74) is 1.91. The summed E-state index contributed by atoms with van der Waals surface area (Å²) in [7, 11) is 1.65. The first kappa shape index (κ1) is 16.6. The van der Waals surface area contributed by atoms with Crippen molar-refractivity contribution in [3.63, 3.8) is 0 Å². The molecule has 0 saturated heterocycles. The number of hydrogen-bond acceptors (Lipinski definition) is 3. The second-order valence-corrected chi connectivity index (χ2v) is 5.06. The summed E-state index contributed by atoms with van der Waals surface area (Å²) in [6.07, 6.45) is 0.686. The average molecular weight is 276 g/mol. The van der Waals surface area contributed by atoms with Crippen molar-refractivity contribution >= 4 is 0 Å².